The minimum atomic E-state index is 0.356. The minimum absolute atomic E-state index is 0.356. The molecule has 134 valence electrons. The molecule has 2 fully saturated rings. The highest BCUT2D eigenvalue weighted by Gasteiger charge is 2.21. The lowest BCUT2D eigenvalue weighted by Crippen LogP contribution is -2.45. The SMILES string of the molecule is Clc1ccc(CN2CCN(Cc3ccc([C@@H]4CCCO4)s3)CC2)cc1. The number of benzene rings is 1. The van der Waals surface area contributed by atoms with Crippen LogP contribution in [0.1, 0.15) is 34.3 Å². The second-order valence-corrected chi connectivity index (χ2v) is 8.62. The summed E-state index contributed by atoms with van der Waals surface area (Å²) in [5.41, 5.74) is 1.34. The van der Waals surface area contributed by atoms with Crippen LogP contribution in [-0.4, -0.2) is 42.6 Å². The van der Waals surface area contributed by atoms with Gasteiger partial charge in [-0.15, -0.1) is 11.3 Å². The van der Waals surface area contributed by atoms with Crippen LogP contribution in [0.3, 0.4) is 0 Å². The Labute approximate surface area is 159 Å². The van der Waals surface area contributed by atoms with E-state index in [0.29, 0.717) is 6.10 Å². The van der Waals surface area contributed by atoms with Crippen LogP contribution in [0.25, 0.3) is 0 Å². The summed E-state index contributed by atoms with van der Waals surface area (Å²) in [6.45, 7) is 7.56. The first-order valence-electron chi connectivity index (χ1n) is 9.16. The monoisotopic (exact) mass is 376 g/mol. The Bertz CT molecular complexity index is 673. The number of rotatable bonds is 5. The van der Waals surface area contributed by atoms with Crippen molar-refractivity contribution in [1.82, 2.24) is 9.80 Å². The molecule has 0 unspecified atom stereocenters. The third-order valence-corrected chi connectivity index (χ3v) is 6.51. The van der Waals surface area contributed by atoms with Gasteiger partial charge in [-0.25, -0.2) is 0 Å². The standard InChI is InChI=1S/C20H25ClN2OS/c21-17-5-3-16(4-6-17)14-22-9-11-23(12-10-22)15-18-7-8-20(25-18)19-2-1-13-24-19/h3-8,19H,1-2,9-15H2/t19-/m0/s1. The number of halogens is 1. The molecule has 3 nitrogen and oxygen atoms in total. The fourth-order valence-corrected chi connectivity index (χ4v) is 4.89. The molecule has 0 bridgehead atoms. The van der Waals surface area contributed by atoms with Crippen LogP contribution < -0.4 is 0 Å². The largest absolute Gasteiger partial charge is 0.373 e. The molecular weight excluding hydrogens is 352 g/mol. The van der Waals surface area contributed by atoms with Gasteiger partial charge in [0.1, 0.15) is 0 Å². The zero-order valence-electron chi connectivity index (χ0n) is 14.5. The van der Waals surface area contributed by atoms with Crippen molar-refractivity contribution in [3.05, 3.63) is 56.7 Å². The molecule has 2 aliphatic rings. The lowest BCUT2D eigenvalue weighted by molar-refractivity contribution is 0.114. The molecule has 0 radical (unpaired) electrons. The van der Waals surface area contributed by atoms with Crippen molar-refractivity contribution < 1.29 is 4.74 Å². The summed E-state index contributed by atoms with van der Waals surface area (Å²) < 4.78 is 5.80. The number of thiophene rings is 1. The number of piperazine rings is 1. The van der Waals surface area contributed by atoms with Crippen molar-refractivity contribution in [3.8, 4) is 0 Å². The number of hydrogen-bond acceptors (Lipinski definition) is 4. The third-order valence-electron chi connectivity index (χ3n) is 5.09. The van der Waals surface area contributed by atoms with Gasteiger partial charge in [-0.2, -0.15) is 0 Å². The topological polar surface area (TPSA) is 15.7 Å². The molecule has 3 heterocycles. The maximum atomic E-state index is 5.97. The predicted molar refractivity (Wildman–Crippen MR) is 104 cm³/mol. The molecule has 5 heteroatoms. The van der Waals surface area contributed by atoms with Gasteiger partial charge in [0.15, 0.2) is 0 Å². The second kappa shape index (κ2) is 8.19. The number of nitrogens with zero attached hydrogens (tertiary/aromatic N) is 2. The highest BCUT2D eigenvalue weighted by atomic mass is 35.5. The summed E-state index contributed by atoms with van der Waals surface area (Å²) in [6.07, 6.45) is 2.74. The van der Waals surface area contributed by atoms with Crippen LogP contribution in [-0.2, 0) is 17.8 Å². The number of hydrogen-bond donors (Lipinski definition) is 0. The van der Waals surface area contributed by atoms with E-state index < -0.39 is 0 Å². The molecule has 2 aromatic rings. The van der Waals surface area contributed by atoms with E-state index in [0.717, 1.165) is 50.9 Å². The lowest BCUT2D eigenvalue weighted by Gasteiger charge is -2.34. The van der Waals surface area contributed by atoms with Crippen molar-refractivity contribution in [3.63, 3.8) is 0 Å². The van der Waals surface area contributed by atoms with Crippen LogP contribution in [0, 0.1) is 0 Å². The Hall–Kier alpha value is -0.910. The Morgan fingerprint density at radius 2 is 1.68 bits per heavy atom. The van der Waals surface area contributed by atoms with E-state index in [1.54, 1.807) is 0 Å². The third kappa shape index (κ3) is 4.63. The molecule has 0 spiro atoms. The summed E-state index contributed by atoms with van der Waals surface area (Å²) in [4.78, 5) is 7.99. The van der Waals surface area contributed by atoms with Crippen LogP contribution in [0.4, 0.5) is 0 Å². The summed E-state index contributed by atoms with van der Waals surface area (Å²) in [5, 5.41) is 0.812. The quantitative estimate of drug-likeness (QED) is 0.760. The molecule has 2 saturated heterocycles. The van der Waals surface area contributed by atoms with Crippen LogP contribution in [0.2, 0.25) is 5.02 Å². The first-order chi connectivity index (χ1) is 12.3. The van der Waals surface area contributed by atoms with Crippen molar-refractivity contribution in [1.29, 1.82) is 0 Å². The smallest absolute Gasteiger partial charge is 0.0917 e. The minimum Gasteiger partial charge on any atom is -0.373 e. The van der Waals surface area contributed by atoms with Gasteiger partial charge in [0.05, 0.1) is 6.10 Å². The van der Waals surface area contributed by atoms with Gasteiger partial charge in [0, 0.05) is 60.7 Å². The van der Waals surface area contributed by atoms with Gasteiger partial charge in [-0.3, -0.25) is 9.80 Å². The lowest BCUT2D eigenvalue weighted by atomic mass is 10.2. The van der Waals surface area contributed by atoms with Crippen molar-refractivity contribution in [2.24, 2.45) is 0 Å². The first-order valence-corrected chi connectivity index (χ1v) is 10.3. The van der Waals surface area contributed by atoms with Crippen LogP contribution in [0.15, 0.2) is 36.4 Å². The van der Waals surface area contributed by atoms with E-state index in [2.05, 4.69) is 34.1 Å². The highest BCUT2D eigenvalue weighted by molar-refractivity contribution is 7.12. The molecule has 1 aromatic carbocycles. The molecule has 1 atom stereocenters. The average Bonchev–Trinajstić information content (AvgIpc) is 3.30. The van der Waals surface area contributed by atoms with Gasteiger partial charge in [-0.1, -0.05) is 23.7 Å². The second-order valence-electron chi connectivity index (χ2n) is 6.98. The molecule has 0 aliphatic carbocycles. The molecular formula is C20H25ClN2OS. The molecule has 0 amide bonds. The predicted octanol–water partition coefficient (Wildman–Crippen LogP) is 4.57. The maximum Gasteiger partial charge on any atom is 0.0917 e. The normalized spacial score (nSPS) is 22.5. The highest BCUT2D eigenvalue weighted by Crippen LogP contribution is 2.33. The van der Waals surface area contributed by atoms with Crippen molar-refractivity contribution in [2.45, 2.75) is 32.0 Å². The Morgan fingerprint density at radius 3 is 2.36 bits per heavy atom. The van der Waals surface area contributed by atoms with E-state index >= 15 is 0 Å². The molecule has 0 N–H and O–H groups in total. The summed E-state index contributed by atoms with van der Waals surface area (Å²) in [5.74, 6) is 0. The number of ether oxygens (including phenoxy) is 1. The van der Waals surface area contributed by atoms with Crippen LogP contribution in [0.5, 0.6) is 0 Å². The van der Waals surface area contributed by atoms with Crippen molar-refractivity contribution in [2.75, 3.05) is 32.8 Å². The summed E-state index contributed by atoms with van der Waals surface area (Å²) >= 11 is 7.90. The van der Waals surface area contributed by atoms with E-state index in [-0.39, 0.29) is 0 Å². The van der Waals surface area contributed by atoms with E-state index in [1.807, 2.05) is 23.5 Å². The van der Waals surface area contributed by atoms with E-state index in [1.165, 1.54) is 28.2 Å². The average molecular weight is 377 g/mol. The molecule has 2 aliphatic heterocycles. The van der Waals surface area contributed by atoms with Crippen LogP contribution >= 0.6 is 22.9 Å². The zero-order valence-corrected chi connectivity index (χ0v) is 16.1. The molecule has 4 rings (SSSR count). The van der Waals surface area contributed by atoms with E-state index in [9.17, 15) is 0 Å². The zero-order chi connectivity index (χ0) is 17.1. The molecule has 0 saturated carbocycles. The van der Waals surface area contributed by atoms with Gasteiger partial charge in [0.2, 0.25) is 0 Å². The Kier molecular flexibility index (Phi) is 5.73. The van der Waals surface area contributed by atoms with Gasteiger partial charge < -0.3 is 4.74 Å². The van der Waals surface area contributed by atoms with Gasteiger partial charge in [0.25, 0.3) is 0 Å². The van der Waals surface area contributed by atoms with Gasteiger partial charge in [-0.05, 0) is 42.7 Å². The maximum absolute atomic E-state index is 5.97. The van der Waals surface area contributed by atoms with E-state index in [4.69, 9.17) is 16.3 Å². The summed E-state index contributed by atoms with van der Waals surface area (Å²) in [6, 6.07) is 12.8. The molecule has 25 heavy (non-hydrogen) atoms. The molecule has 1 aromatic heterocycles. The fraction of sp³-hybridized carbons (Fsp3) is 0.500. The first kappa shape index (κ1) is 17.5. The van der Waals surface area contributed by atoms with Gasteiger partial charge >= 0.3 is 0 Å². The Morgan fingerprint density at radius 1 is 0.960 bits per heavy atom. The fourth-order valence-electron chi connectivity index (χ4n) is 3.63. The Balaban J connectivity index is 1.25. The van der Waals surface area contributed by atoms with Crippen molar-refractivity contribution >= 4 is 22.9 Å². The summed E-state index contributed by atoms with van der Waals surface area (Å²) in [7, 11) is 0.